The molecule has 5 rings (SSSR count). The van der Waals surface area contributed by atoms with Crippen LogP contribution in [0.3, 0.4) is 0 Å². The quantitative estimate of drug-likeness (QED) is 0.447. The van der Waals surface area contributed by atoms with Crippen LogP contribution in [0.1, 0.15) is 79.8 Å². The van der Waals surface area contributed by atoms with Crippen molar-refractivity contribution in [1.82, 2.24) is 10.2 Å². The lowest BCUT2D eigenvalue weighted by atomic mass is 9.71. The molecule has 1 saturated heterocycles. The Balaban J connectivity index is 1.29. The number of hydrogen-bond donors (Lipinski definition) is 1. The molecule has 0 spiro atoms. The van der Waals surface area contributed by atoms with Gasteiger partial charge in [0.05, 0.1) is 5.41 Å². The molecule has 2 aromatic rings. The predicted molar refractivity (Wildman–Crippen MR) is 150 cm³/mol. The number of piperidine rings is 1. The highest BCUT2D eigenvalue weighted by Crippen LogP contribution is 2.37. The molecule has 2 aliphatic carbocycles. The van der Waals surface area contributed by atoms with Crippen molar-refractivity contribution in [1.29, 1.82) is 0 Å². The highest BCUT2D eigenvalue weighted by Gasteiger charge is 2.44. The van der Waals surface area contributed by atoms with Gasteiger partial charge in [0.25, 0.3) is 5.91 Å². The van der Waals surface area contributed by atoms with Gasteiger partial charge in [-0.1, -0.05) is 55.7 Å². The first kappa shape index (κ1) is 27.3. The van der Waals surface area contributed by atoms with Gasteiger partial charge < -0.3 is 10.2 Å². The highest BCUT2D eigenvalue weighted by atomic mass is 19.1. The topological polar surface area (TPSA) is 49.4 Å². The standard InChI is InChI=1S/C33H38F2N2O2/c1-23(24-5-3-2-4-6-24)36-32(39)33(28-13-17-30(35)18-14-28)19-21-37(22-20-33)31(38)27-9-7-25(8-10-27)26-11-15-29(34)16-12-26/h7-15,17-18,23-24,29H,2-6,16,19-22H2,1H3,(H,36,39)/t23-,29?/m0/s1. The van der Waals surface area contributed by atoms with Crippen LogP contribution in [0.15, 0.2) is 66.8 Å². The molecule has 2 fully saturated rings. The zero-order valence-corrected chi connectivity index (χ0v) is 22.7. The largest absolute Gasteiger partial charge is 0.353 e. The lowest BCUT2D eigenvalue weighted by molar-refractivity contribution is -0.129. The average molecular weight is 533 g/mol. The molecular formula is C33H38F2N2O2. The minimum absolute atomic E-state index is 0.0204. The van der Waals surface area contributed by atoms with Gasteiger partial charge in [-0.05, 0) is 85.6 Å². The Hall–Kier alpha value is -3.28. The van der Waals surface area contributed by atoms with E-state index < -0.39 is 11.6 Å². The SMILES string of the molecule is C[C@H](NC(=O)C1(c2ccc(F)cc2)CCN(C(=O)c2ccc(C3=CCC(F)C=C3)cc2)CC1)C1CCCCC1. The molecule has 1 N–H and O–H groups in total. The van der Waals surface area contributed by atoms with Gasteiger partial charge in [0.1, 0.15) is 12.0 Å². The number of amides is 2. The fourth-order valence-electron chi connectivity index (χ4n) is 6.40. The lowest BCUT2D eigenvalue weighted by Gasteiger charge is -2.42. The summed E-state index contributed by atoms with van der Waals surface area (Å²) in [7, 11) is 0. The summed E-state index contributed by atoms with van der Waals surface area (Å²) in [5.74, 6) is 0.0657. The van der Waals surface area contributed by atoms with Crippen LogP contribution in [0.25, 0.3) is 5.57 Å². The van der Waals surface area contributed by atoms with Crippen molar-refractivity contribution in [3.63, 3.8) is 0 Å². The van der Waals surface area contributed by atoms with E-state index in [2.05, 4.69) is 12.2 Å². The summed E-state index contributed by atoms with van der Waals surface area (Å²) in [6, 6.07) is 13.8. The first-order chi connectivity index (χ1) is 18.9. The number of likely N-dealkylation sites (tertiary alicyclic amines) is 1. The van der Waals surface area contributed by atoms with Crippen molar-refractivity contribution >= 4 is 17.4 Å². The van der Waals surface area contributed by atoms with Crippen molar-refractivity contribution in [2.75, 3.05) is 13.1 Å². The van der Waals surface area contributed by atoms with Crippen molar-refractivity contribution < 1.29 is 18.4 Å². The number of hydrogen-bond acceptors (Lipinski definition) is 2. The van der Waals surface area contributed by atoms with Gasteiger partial charge in [-0.15, -0.1) is 0 Å². The Morgan fingerprint density at radius 3 is 2.26 bits per heavy atom. The van der Waals surface area contributed by atoms with Crippen LogP contribution in [0.4, 0.5) is 8.78 Å². The third-order valence-electron chi connectivity index (χ3n) is 8.96. The normalized spacial score (nSPS) is 22.2. The molecule has 1 heterocycles. The van der Waals surface area contributed by atoms with Crippen molar-refractivity contribution in [2.24, 2.45) is 5.92 Å². The second-order valence-corrected chi connectivity index (χ2v) is 11.4. The van der Waals surface area contributed by atoms with E-state index in [4.69, 9.17) is 0 Å². The first-order valence-electron chi connectivity index (χ1n) is 14.3. The van der Waals surface area contributed by atoms with Crippen molar-refractivity contribution in [2.45, 2.75) is 75.9 Å². The van der Waals surface area contributed by atoms with E-state index in [0.717, 1.165) is 29.5 Å². The summed E-state index contributed by atoms with van der Waals surface area (Å²) in [5, 5.41) is 3.32. The number of carbonyl (C=O) groups excluding carboxylic acids is 2. The molecule has 2 aromatic carbocycles. The van der Waals surface area contributed by atoms with E-state index in [9.17, 15) is 18.4 Å². The van der Waals surface area contributed by atoms with Crippen LogP contribution in [-0.4, -0.2) is 42.0 Å². The molecule has 1 aliphatic heterocycles. The van der Waals surface area contributed by atoms with Gasteiger partial charge in [-0.3, -0.25) is 9.59 Å². The molecule has 0 radical (unpaired) electrons. The molecule has 2 atom stereocenters. The van der Waals surface area contributed by atoms with E-state index in [1.165, 1.54) is 31.4 Å². The Kier molecular flexibility index (Phi) is 8.29. The van der Waals surface area contributed by atoms with E-state index in [0.29, 0.717) is 43.8 Å². The maximum atomic E-state index is 13.9. The number of carbonyl (C=O) groups is 2. The molecule has 1 unspecified atom stereocenters. The zero-order chi connectivity index (χ0) is 27.4. The Bertz CT molecular complexity index is 1220. The Morgan fingerprint density at radius 2 is 1.64 bits per heavy atom. The smallest absolute Gasteiger partial charge is 0.253 e. The molecular weight excluding hydrogens is 494 g/mol. The monoisotopic (exact) mass is 532 g/mol. The predicted octanol–water partition coefficient (Wildman–Crippen LogP) is 6.77. The van der Waals surface area contributed by atoms with Gasteiger partial charge in [0.2, 0.25) is 5.91 Å². The fraction of sp³-hybridized carbons (Fsp3) is 0.455. The average Bonchev–Trinajstić information content (AvgIpc) is 2.98. The van der Waals surface area contributed by atoms with Crippen LogP contribution in [0.5, 0.6) is 0 Å². The summed E-state index contributed by atoms with van der Waals surface area (Å²) in [5.41, 5.74) is 2.50. The van der Waals surface area contributed by atoms with E-state index in [1.807, 2.05) is 35.2 Å². The molecule has 0 bridgehead atoms. The second-order valence-electron chi connectivity index (χ2n) is 11.4. The molecule has 206 valence electrons. The summed E-state index contributed by atoms with van der Waals surface area (Å²) in [4.78, 5) is 29.1. The zero-order valence-electron chi connectivity index (χ0n) is 22.7. The van der Waals surface area contributed by atoms with Gasteiger partial charge >= 0.3 is 0 Å². The third kappa shape index (κ3) is 6.00. The van der Waals surface area contributed by atoms with E-state index in [1.54, 1.807) is 24.3 Å². The number of rotatable bonds is 6. The molecule has 3 aliphatic rings. The van der Waals surface area contributed by atoms with Crippen LogP contribution in [0.2, 0.25) is 0 Å². The van der Waals surface area contributed by atoms with Gasteiger partial charge in [-0.2, -0.15) is 0 Å². The number of allylic oxidation sites excluding steroid dienone is 4. The number of nitrogens with one attached hydrogen (secondary N) is 1. The molecule has 2 amide bonds. The second kappa shape index (κ2) is 11.8. The summed E-state index contributed by atoms with van der Waals surface area (Å²) in [6.45, 7) is 2.98. The molecule has 39 heavy (non-hydrogen) atoms. The molecule has 0 aromatic heterocycles. The van der Waals surface area contributed by atoms with E-state index in [-0.39, 0.29) is 23.7 Å². The number of alkyl halides is 1. The minimum Gasteiger partial charge on any atom is -0.353 e. The summed E-state index contributed by atoms with van der Waals surface area (Å²) < 4.78 is 27.2. The van der Waals surface area contributed by atoms with Crippen LogP contribution in [-0.2, 0) is 10.2 Å². The van der Waals surface area contributed by atoms with Gasteiger partial charge in [-0.25, -0.2) is 8.78 Å². The minimum atomic E-state index is -0.937. The highest BCUT2D eigenvalue weighted by molar-refractivity contribution is 5.95. The Labute approximate surface area is 230 Å². The van der Waals surface area contributed by atoms with Crippen LogP contribution < -0.4 is 5.32 Å². The summed E-state index contributed by atoms with van der Waals surface area (Å²) in [6.07, 6.45) is 11.5. The van der Waals surface area contributed by atoms with Crippen LogP contribution >= 0.6 is 0 Å². The maximum Gasteiger partial charge on any atom is 0.253 e. The number of nitrogens with zero attached hydrogens (tertiary/aromatic N) is 1. The number of benzene rings is 2. The lowest BCUT2D eigenvalue weighted by Crippen LogP contribution is -2.55. The molecule has 1 saturated carbocycles. The van der Waals surface area contributed by atoms with E-state index >= 15 is 0 Å². The molecule has 6 heteroatoms. The maximum absolute atomic E-state index is 13.9. The van der Waals surface area contributed by atoms with Gasteiger partial charge in [0.15, 0.2) is 0 Å². The van der Waals surface area contributed by atoms with Crippen LogP contribution in [0, 0.1) is 11.7 Å². The third-order valence-corrected chi connectivity index (χ3v) is 8.96. The first-order valence-corrected chi connectivity index (χ1v) is 14.3. The Morgan fingerprint density at radius 1 is 0.974 bits per heavy atom. The fourth-order valence-corrected chi connectivity index (χ4v) is 6.40. The van der Waals surface area contributed by atoms with Crippen molar-refractivity contribution in [3.05, 3.63) is 89.3 Å². The summed E-state index contributed by atoms with van der Waals surface area (Å²) >= 11 is 0. The number of halogens is 2. The van der Waals surface area contributed by atoms with Gasteiger partial charge in [0, 0.05) is 31.1 Å². The van der Waals surface area contributed by atoms with Crippen molar-refractivity contribution in [3.8, 4) is 0 Å². The molecule has 4 nitrogen and oxygen atoms in total.